The van der Waals surface area contributed by atoms with Gasteiger partial charge in [0.1, 0.15) is 17.2 Å². The topological polar surface area (TPSA) is 68.2 Å². The number of para-hydroxylation sites is 1. The van der Waals surface area contributed by atoms with Gasteiger partial charge in [0, 0.05) is 24.1 Å². The lowest BCUT2D eigenvalue weighted by molar-refractivity contribution is -0.115. The minimum Gasteiger partial charge on any atom is -0.497 e. The highest BCUT2D eigenvalue weighted by molar-refractivity contribution is 5.97. The molecule has 166 valence electrons. The van der Waals surface area contributed by atoms with Crippen LogP contribution < -0.4 is 14.2 Å². The minimum atomic E-state index is -0.772. The molecule has 2 aromatic carbocycles. The molecule has 1 aliphatic carbocycles. The van der Waals surface area contributed by atoms with Gasteiger partial charge >= 0.3 is 0 Å². The number of rotatable bonds is 5. The van der Waals surface area contributed by atoms with Gasteiger partial charge in [-0.25, -0.2) is 0 Å². The molecule has 0 bridgehead atoms. The number of carbonyl (C=O) groups is 1. The number of likely N-dealkylation sites (tertiary alicyclic amines) is 1. The summed E-state index contributed by atoms with van der Waals surface area (Å²) in [5.41, 5.74) is 0.658. The highest BCUT2D eigenvalue weighted by Gasteiger charge is 2.51. The smallest absolute Gasteiger partial charge is 0.258 e. The minimum absolute atomic E-state index is 0.0593. The number of hydrogen-bond donors (Lipinski definition) is 1. The number of carbonyl (C=O) groups excluding carboxylic acids is 1. The van der Waals surface area contributed by atoms with E-state index >= 15 is 0 Å². The summed E-state index contributed by atoms with van der Waals surface area (Å²) in [6, 6.07) is 12.7. The van der Waals surface area contributed by atoms with Crippen LogP contribution in [0.4, 0.5) is 0 Å². The maximum absolute atomic E-state index is 13.8. The number of fused-ring (bicyclic) bond motifs is 1. The molecular weight excluding hydrogens is 394 g/mol. The van der Waals surface area contributed by atoms with Gasteiger partial charge in [0.15, 0.2) is 0 Å². The van der Waals surface area contributed by atoms with Crippen molar-refractivity contribution in [3.8, 4) is 17.2 Å². The molecule has 1 saturated carbocycles. The Morgan fingerprint density at radius 3 is 2.52 bits per heavy atom. The van der Waals surface area contributed by atoms with Crippen LogP contribution in [0.1, 0.15) is 54.1 Å². The second-order valence-corrected chi connectivity index (χ2v) is 8.46. The first-order valence-electron chi connectivity index (χ1n) is 10.9. The van der Waals surface area contributed by atoms with Crippen LogP contribution in [0, 0.1) is 5.92 Å². The van der Waals surface area contributed by atoms with Gasteiger partial charge in [0.2, 0.25) is 0 Å². The number of aliphatic hydroxyl groups is 1. The number of methoxy groups -OCH3 is 3. The van der Waals surface area contributed by atoms with E-state index in [1.54, 1.807) is 33.5 Å². The van der Waals surface area contributed by atoms with Crippen molar-refractivity contribution >= 4 is 5.91 Å². The Labute approximate surface area is 183 Å². The van der Waals surface area contributed by atoms with Crippen molar-refractivity contribution < 1.29 is 24.1 Å². The van der Waals surface area contributed by atoms with Crippen molar-refractivity contribution in [2.24, 2.45) is 5.92 Å². The third kappa shape index (κ3) is 3.85. The van der Waals surface area contributed by atoms with Crippen molar-refractivity contribution in [3.63, 3.8) is 0 Å². The van der Waals surface area contributed by atoms with Crippen molar-refractivity contribution in [1.82, 2.24) is 4.90 Å². The van der Waals surface area contributed by atoms with Gasteiger partial charge < -0.3 is 24.2 Å². The Kier molecular flexibility index (Phi) is 6.10. The van der Waals surface area contributed by atoms with Gasteiger partial charge in [-0.3, -0.25) is 4.79 Å². The molecule has 6 nitrogen and oxygen atoms in total. The van der Waals surface area contributed by atoms with Gasteiger partial charge in [-0.2, -0.15) is 0 Å². The largest absolute Gasteiger partial charge is 0.497 e. The van der Waals surface area contributed by atoms with E-state index in [0.717, 1.165) is 31.2 Å². The summed E-state index contributed by atoms with van der Waals surface area (Å²) in [6.45, 7) is 0.476. The Balaban J connectivity index is 1.82. The molecule has 3 atom stereocenters. The van der Waals surface area contributed by atoms with Crippen molar-refractivity contribution in [2.75, 3.05) is 27.9 Å². The molecule has 1 heterocycles. The molecule has 1 aliphatic heterocycles. The van der Waals surface area contributed by atoms with Gasteiger partial charge in [0.25, 0.3) is 5.91 Å². The summed E-state index contributed by atoms with van der Waals surface area (Å²) in [7, 11) is 4.82. The zero-order valence-electron chi connectivity index (χ0n) is 18.5. The molecule has 6 heteroatoms. The Morgan fingerprint density at radius 2 is 1.77 bits per heavy atom. The second kappa shape index (κ2) is 8.79. The molecule has 1 N–H and O–H groups in total. The number of ether oxygens (including phenoxy) is 3. The fourth-order valence-corrected chi connectivity index (χ4v) is 5.33. The van der Waals surface area contributed by atoms with E-state index in [0.29, 0.717) is 35.8 Å². The molecule has 2 fully saturated rings. The Hall–Kier alpha value is -2.73. The monoisotopic (exact) mass is 425 g/mol. The summed E-state index contributed by atoms with van der Waals surface area (Å²) < 4.78 is 16.5. The maximum Gasteiger partial charge on any atom is 0.258 e. The highest BCUT2D eigenvalue weighted by atomic mass is 16.5. The summed E-state index contributed by atoms with van der Waals surface area (Å²) in [4.78, 5) is 15.7. The lowest BCUT2D eigenvalue weighted by Gasteiger charge is -2.52. The van der Waals surface area contributed by atoms with Crippen molar-refractivity contribution in [1.29, 1.82) is 0 Å². The average molecular weight is 426 g/mol. The van der Waals surface area contributed by atoms with Crippen LogP contribution in [0.3, 0.4) is 0 Å². The van der Waals surface area contributed by atoms with Crippen LogP contribution in [-0.2, 0) is 0 Å². The molecule has 1 amide bonds. The third-order valence-electron chi connectivity index (χ3n) is 6.93. The molecule has 31 heavy (non-hydrogen) atoms. The van der Waals surface area contributed by atoms with Crippen LogP contribution in [0.15, 0.2) is 42.5 Å². The average Bonchev–Trinajstić information content (AvgIpc) is 2.82. The van der Waals surface area contributed by atoms with Gasteiger partial charge in [-0.1, -0.05) is 25.0 Å². The first kappa shape index (κ1) is 21.5. The summed E-state index contributed by atoms with van der Waals surface area (Å²) in [6.07, 6.45) is 4.27. The van der Waals surface area contributed by atoms with E-state index < -0.39 is 5.60 Å². The standard InChI is InChI=1S/C25H31NO5/c1-29-17-11-12-18(22(16-17)31-3)23-20-9-6-7-13-25(20,28)14-15-26(23)24(27)19-8-4-5-10-21(19)30-2/h4-5,8,10-12,16,20,23,28H,6-7,9,13-15H2,1-3H3/t20-,23+,25+/m1/s1. The first-order valence-corrected chi connectivity index (χ1v) is 10.9. The molecule has 0 radical (unpaired) electrons. The fraction of sp³-hybridized carbons (Fsp3) is 0.480. The summed E-state index contributed by atoms with van der Waals surface area (Å²) in [5, 5.41) is 11.5. The van der Waals surface area contributed by atoms with E-state index in [-0.39, 0.29) is 17.9 Å². The molecule has 0 spiro atoms. The van der Waals surface area contributed by atoms with E-state index in [4.69, 9.17) is 14.2 Å². The summed E-state index contributed by atoms with van der Waals surface area (Å²) in [5.74, 6) is 1.76. The molecule has 1 saturated heterocycles. The van der Waals surface area contributed by atoms with Gasteiger partial charge in [-0.05, 0) is 43.5 Å². The Bertz CT molecular complexity index is 945. The van der Waals surface area contributed by atoms with E-state index in [1.807, 2.05) is 35.2 Å². The lowest BCUT2D eigenvalue weighted by Crippen LogP contribution is -2.56. The number of amides is 1. The number of nitrogens with zero attached hydrogens (tertiary/aromatic N) is 1. The molecule has 2 aliphatic rings. The quantitative estimate of drug-likeness (QED) is 0.777. The number of benzene rings is 2. The van der Waals surface area contributed by atoms with E-state index in [9.17, 15) is 9.90 Å². The normalized spacial score (nSPS) is 25.5. The molecule has 4 rings (SSSR count). The van der Waals surface area contributed by atoms with Crippen LogP contribution in [-0.4, -0.2) is 49.4 Å². The fourth-order valence-electron chi connectivity index (χ4n) is 5.33. The number of hydrogen-bond acceptors (Lipinski definition) is 5. The molecule has 0 unspecified atom stereocenters. The number of piperidine rings is 1. The second-order valence-electron chi connectivity index (χ2n) is 8.46. The van der Waals surface area contributed by atoms with Crippen LogP contribution in [0.2, 0.25) is 0 Å². The zero-order valence-corrected chi connectivity index (χ0v) is 18.5. The van der Waals surface area contributed by atoms with Gasteiger partial charge in [0.05, 0.1) is 38.5 Å². The first-order chi connectivity index (χ1) is 15.0. The lowest BCUT2D eigenvalue weighted by atomic mass is 9.66. The Morgan fingerprint density at radius 1 is 1.00 bits per heavy atom. The molecule has 0 aromatic heterocycles. The highest BCUT2D eigenvalue weighted by Crippen LogP contribution is 2.51. The molecule has 2 aromatic rings. The predicted molar refractivity (Wildman–Crippen MR) is 118 cm³/mol. The van der Waals surface area contributed by atoms with Gasteiger partial charge in [-0.15, -0.1) is 0 Å². The maximum atomic E-state index is 13.8. The van der Waals surface area contributed by atoms with Crippen LogP contribution in [0.5, 0.6) is 17.2 Å². The van der Waals surface area contributed by atoms with E-state index in [2.05, 4.69) is 0 Å². The van der Waals surface area contributed by atoms with Crippen molar-refractivity contribution in [2.45, 2.75) is 43.7 Å². The third-order valence-corrected chi connectivity index (χ3v) is 6.93. The zero-order chi connectivity index (χ0) is 22.0. The summed E-state index contributed by atoms with van der Waals surface area (Å²) >= 11 is 0. The van der Waals surface area contributed by atoms with E-state index in [1.165, 1.54) is 0 Å². The predicted octanol–water partition coefficient (Wildman–Crippen LogP) is 4.22. The molecular formula is C25H31NO5. The van der Waals surface area contributed by atoms with Crippen LogP contribution >= 0.6 is 0 Å². The van der Waals surface area contributed by atoms with Crippen LogP contribution in [0.25, 0.3) is 0 Å². The van der Waals surface area contributed by atoms with Crippen molar-refractivity contribution in [3.05, 3.63) is 53.6 Å². The SMILES string of the molecule is COc1ccc([C@H]2[C@H]3CCCC[C@]3(O)CCN2C(=O)c2ccccc2OC)c(OC)c1.